The first kappa shape index (κ1) is 32.9. The molecule has 0 radical (unpaired) electrons. The number of esters is 1. The Bertz CT molecular complexity index is 1200. The average molecular weight is 547 g/mol. The van der Waals surface area contributed by atoms with Crippen molar-refractivity contribution in [3.8, 4) is 5.75 Å². The second kappa shape index (κ2) is 9.94. The summed E-state index contributed by atoms with van der Waals surface area (Å²) in [7, 11) is 0. The zero-order valence-corrected chi connectivity index (χ0v) is 25.3. The van der Waals surface area contributed by atoms with E-state index < -0.39 is 39.6 Å². The van der Waals surface area contributed by atoms with Crippen molar-refractivity contribution in [3.05, 3.63) is 63.2 Å². The second-order valence-corrected chi connectivity index (χ2v) is 13.6. The minimum atomic E-state index is -1.64. The topological polar surface area (TPSA) is 148 Å². The Morgan fingerprint density at radius 1 is 0.538 bits per heavy atom. The largest absolute Gasteiger partial charge is 0.422 e. The Morgan fingerprint density at radius 3 is 1.23 bits per heavy atom. The average Bonchev–Trinajstić information content (AvgIpc) is 2.68. The van der Waals surface area contributed by atoms with Crippen molar-refractivity contribution in [1.82, 2.24) is 0 Å². The number of rotatable bonds is 8. The van der Waals surface area contributed by atoms with Gasteiger partial charge in [-0.05, 0) is 118 Å². The van der Waals surface area contributed by atoms with Crippen molar-refractivity contribution >= 4 is 5.97 Å². The molecule has 2 aromatic rings. The molecular weight excluding hydrogens is 500 g/mol. The Labute approximate surface area is 231 Å². The van der Waals surface area contributed by atoms with Crippen molar-refractivity contribution in [1.29, 1.82) is 0 Å². The van der Waals surface area contributed by atoms with Crippen LogP contribution in [-0.2, 0) is 33.6 Å². The number of aliphatic hydroxyl groups is 6. The Kier molecular flexibility index (Phi) is 8.38. The lowest BCUT2D eigenvalue weighted by atomic mass is 9.76. The van der Waals surface area contributed by atoms with Gasteiger partial charge >= 0.3 is 5.97 Å². The summed E-state index contributed by atoms with van der Waals surface area (Å²) in [6, 6.07) is 5.96. The first-order valence-electron chi connectivity index (χ1n) is 13.0. The fourth-order valence-corrected chi connectivity index (χ4v) is 4.70. The molecule has 0 aliphatic carbocycles. The minimum absolute atomic E-state index is 0.0671. The minimum Gasteiger partial charge on any atom is -0.422 e. The fourth-order valence-electron chi connectivity index (χ4n) is 4.70. The van der Waals surface area contributed by atoms with Crippen LogP contribution in [0.25, 0.3) is 0 Å². The van der Waals surface area contributed by atoms with Crippen LogP contribution in [0, 0.1) is 0 Å². The molecule has 8 heteroatoms. The van der Waals surface area contributed by atoms with E-state index in [-0.39, 0.29) is 33.6 Å². The normalized spacial score (nSPS) is 14.0. The smallest absolute Gasteiger partial charge is 0.343 e. The van der Waals surface area contributed by atoms with Crippen LogP contribution in [0.5, 0.6) is 5.75 Å². The molecule has 0 heterocycles. The third kappa shape index (κ3) is 7.25. The second-order valence-electron chi connectivity index (χ2n) is 13.6. The molecule has 0 aromatic heterocycles. The molecule has 39 heavy (non-hydrogen) atoms. The van der Waals surface area contributed by atoms with Gasteiger partial charge in [-0.3, -0.25) is 0 Å². The maximum Gasteiger partial charge on any atom is 0.343 e. The van der Waals surface area contributed by atoms with E-state index in [2.05, 4.69) is 0 Å². The Hall–Kier alpha value is -2.33. The first-order chi connectivity index (χ1) is 17.1. The van der Waals surface area contributed by atoms with Crippen molar-refractivity contribution < 1.29 is 40.2 Å². The van der Waals surface area contributed by atoms with Gasteiger partial charge < -0.3 is 35.4 Å². The lowest BCUT2D eigenvalue weighted by Gasteiger charge is -2.35. The molecule has 0 unspecified atom stereocenters. The first-order valence-corrected chi connectivity index (χ1v) is 13.0. The van der Waals surface area contributed by atoms with Gasteiger partial charge in [-0.15, -0.1) is 0 Å². The molecule has 0 aliphatic heterocycles. The van der Waals surface area contributed by atoms with Gasteiger partial charge in [0.05, 0.1) is 39.2 Å². The zero-order valence-electron chi connectivity index (χ0n) is 25.3. The standard InChI is InChI=1S/C31H46O8/c1-26(2,33)17-15-20(28(5,6)35)24(21(16-17)29(7,8)36)39-25(32)18-13-14-19(27(3,4)34)23(31(11,12)38)22(18)30(9,10)37/h13-16,33-38H,1-12H3. The summed E-state index contributed by atoms with van der Waals surface area (Å²) in [5, 5.41) is 65.9. The molecule has 6 N–H and O–H groups in total. The van der Waals surface area contributed by atoms with E-state index in [0.717, 1.165) is 0 Å². The summed E-state index contributed by atoms with van der Waals surface area (Å²) in [6.07, 6.45) is 0. The van der Waals surface area contributed by atoms with Gasteiger partial charge in [0.25, 0.3) is 0 Å². The van der Waals surface area contributed by atoms with E-state index in [1.165, 1.54) is 79.7 Å². The van der Waals surface area contributed by atoms with Crippen molar-refractivity contribution in [2.45, 2.75) is 117 Å². The molecule has 2 rings (SSSR count). The zero-order chi connectivity index (χ0) is 30.7. The van der Waals surface area contributed by atoms with Gasteiger partial charge in [0.15, 0.2) is 0 Å². The molecule has 0 aliphatic rings. The van der Waals surface area contributed by atoms with Crippen LogP contribution < -0.4 is 4.74 Å². The molecule has 2 aromatic carbocycles. The maximum absolute atomic E-state index is 13.9. The highest BCUT2D eigenvalue weighted by Crippen LogP contribution is 2.44. The predicted octanol–water partition coefficient (Wildman–Crippen LogP) is 4.27. The number of hydrogen-bond donors (Lipinski definition) is 6. The molecule has 0 amide bonds. The Morgan fingerprint density at radius 2 is 0.923 bits per heavy atom. The highest BCUT2D eigenvalue weighted by molar-refractivity contribution is 5.94. The molecule has 0 saturated carbocycles. The van der Waals surface area contributed by atoms with Gasteiger partial charge in [-0.2, -0.15) is 0 Å². The van der Waals surface area contributed by atoms with Gasteiger partial charge in [0.1, 0.15) is 5.75 Å². The van der Waals surface area contributed by atoms with Gasteiger partial charge in [0.2, 0.25) is 0 Å². The van der Waals surface area contributed by atoms with Crippen LogP contribution in [0.15, 0.2) is 24.3 Å². The van der Waals surface area contributed by atoms with E-state index in [1.807, 2.05) is 0 Å². The van der Waals surface area contributed by atoms with Crippen molar-refractivity contribution in [2.75, 3.05) is 0 Å². The third-order valence-electron chi connectivity index (χ3n) is 6.62. The van der Waals surface area contributed by atoms with Crippen molar-refractivity contribution in [3.63, 3.8) is 0 Å². The molecule has 0 bridgehead atoms. The van der Waals surface area contributed by atoms with Crippen LogP contribution in [0.4, 0.5) is 0 Å². The molecular formula is C31H46O8. The van der Waals surface area contributed by atoms with Crippen LogP contribution in [0.2, 0.25) is 0 Å². The fraction of sp³-hybridized carbons (Fsp3) is 0.581. The van der Waals surface area contributed by atoms with E-state index in [4.69, 9.17) is 4.74 Å². The SMILES string of the molecule is CC(C)(O)c1cc(C(C)(C)O)c(OC(=O)c2ccc(C(C)(C)O)c(C(C)(C)O)c2C(C)(C)O)c(C(C)(C)O)c1. The highest BCUT2D eigenvalue weighted by Gasteiger charge is 2.39. The van der Waals surface area contributed by atoms with Crippen molar-refractivity contribution in [2.24, 2.45) is 0 Å². The molecule has 0 fully saturated rings. The van der Waals surface area contributed by atoms with Crippen LogP contribution in [0.3, 0.4) is 0 Å². The van der Waals surface area contributed by atoms with E-state index in [1.54, 1.807) is 27.7 Å². The maximum atomic E-state index is 13.9. The lowest BCUT2D eigenvalue weighted by Crippen LogP contribution is -2.34. The summed E-state index contributed by atoms with van der Waals surface area (Å²) >= 11 is 0. The van der Waals surface area contributed by atoms with Crippen LogP contribution in [0.1, 0.15) is 127 Å². The molecule has 0 spiro atoms. The molecule has 0 saturated heterocycles. The van der Waals surface area contributed by atoms with Gasteiger partial charge in [-0.1, -0.05) is 6.07 Å². The highest BCUT2D eigenvalue weighted by atomic mass is 16.5. The number of carbonyl (C=O) groups excluding carboxylic acids is 1. The quantitative estimate of drug-likeness (QED) is 0.212. The lowest BCUT2D eigenvalue weighted by molar-refractivity contribution is 0.0364. The third-order valence-corrected chi connectivity index (χ3v) is 6.62. The predicted molar refractivity (Wildman–Crippen MR) is 149 cm³/mol. The molecule has 8 nitrogen and oxygen atoms in total. The van der Waals surface area contributed by atoms with Gasteiger partial charge in [0, 0.05) is 16.7 Å². The summed E-state index contributed by atoms with van der Waals surface area (Å²) in [5.41, 5.74) is -7.80. The van der Waals surface area contributed by atoms with Gasteiger partial charge in [-0.25, -0.2) is 4.79 Å². The summed E-state index contributed by atoms with van der Waals surface area (Å²) < 4.78 is 5.92. The molecule has 0 atom stereocenters. The number of ether oxygens (including phenoxy) is 1. The summed E-state index contributed by atoms with van der Waals surface area (Å²) in [4.78, 5) is 13.9. The molecule has 218 valence electrons. The van der Waals surface area contributed by atoms with Crippen LogP contribution >= 0.6 is 0 Å². The number of carbonyl (C=O) groups is 1. The van der Waals surface area contributed by atoms with E-state index >= 15 is 0 Å². The van der Waals surface area contributed by atoms with E-state index in [0.29, 0.717) is 11.1 Å². The Balaban J connectivity index is 2.97. The summed E-state index contributed by atoms with van der Waals surface area (Å²) in [5.74, 6) is -1.00. The number of hydrogen-bond acceptors (Lipinski definition) is 8. The number of benzene rings is 2. The monoisotopic (exact) mass is 546 g/mol. The van der Waals surface area contributed by atoms with E-state index in [9.17, 15) is 35.4 Å². The van der Waals surface area contributed by atoms with Crippen LogP contribution in [-0.4, -0.2) is 36.6 Å². The summed E-state index contributed by atoms with van der Waals surface area (Å²) in [6.45, 7) is 18.1.